The summed E-state index contributed by atoms with van der Waals surface area (Å²) in [6.45, 7) is 7.28. The largest absolute Gasteiger partial charge is 0.378 e. The summed E-state index contributed by atoms with van der Waals surface area (Å²) in [6, 6.07) is 4.22. The maximum absolute atomic E-state index is 13.0. The lowest BCUT2D eigenvalue weighted by molar-refractivity contribution is 0.0925. The zero-order chi connectivity index (χ0) is 25.9. The van der Waals surface area contributed by atoms with Crippen molar-refractivity contribution >= 4 is 28.8 Å². The molecule has 38 heavy (non-hydrogen) atoms. The van der Waals surface area contributed by atoms with E-state index in [-0.39, 0.29) is 18.0 Å². The zero-order valence-electron chi connectivity index (χ0n) is 21.7. The Bertz CT molecular complexity index is 1250. The van der Waals surface area contributed by atoms with Crippen LogP contribution in [0.15, 0.2) is 24.7 Å². The second-order valence-corrected chi connectivity index (χ2v) is 10.5. The number of rotatable bonds is 6. The lowest BCUT2D eigenvalue weighted by atomic mass is 10.0. The van der Waals surface area contributed by atoms with Gasteiger partial charge < -0.3 is 30.6 Å². The molecule has 4 N–H and O–H groups in total. The summed E-state index contributed by atoms with van der Waals surface area (Å²) >= 11 is 0. The number of carbonyl (C=O) groups is 1. The lowest BCUT2D eigenvalue weighted by Gasteiger charge is -2.32. The van der Waals surface area contributed by atoms with Crippen LogP contribution in [0.3, 0.4) is 0 Å². The van der Waals surface area contributed by atoms with Crippen LogP contribution >= 0.6 is 0 Å². The number of piperidine rings is 2. The van der Waals surface area contributed by atoms with Crippen molar-refractivity contribution < 1.29 is 9.53 Å². The van der Waals surface area contributed by atoms with Crippen LogP contribution in [0, 0.1) is 0 Å². The van der Waals surface area contributed by atoms with Crippen LogP contribution in [0.4, 0.5) is 11.8 Å². The maximum Gasteiger partial charge on any atom is 0.270 e. The normalized spacial score (nSPS) is 21.7. The summed E-state index contributed by atoms with van der Waals surface area (Å²) in [5.41, 5.74) is 9.22. The molecule has 12 nitrogen and oxygen atoms in total. The molecule has 3 aliphatic heterocycles. The highest BCUT2D eigenvalue weighted by molar-refractivity contribution is 5.92. The number of nitrogens with two attached hydrogens (primary N) is 1. The number of H-pyrrole nitrogens is 1. The molecule has 3 aromatic heterocycles. The van der Waals surface area contributed by atoms with Gasteiger partial charge in [0.15, 0.2) is 17.0 Å². The number of hydrogen-bond acceptors (Lipinski definition) is 10. The minimum absolute atomic E-state index is 0.0948. The van der Waals surface area contributed by atoms with E-state index in [2.05, 4.69) is 40.0 Å². The van der Waals surface area contributed by atoms with Crippen molar-refractivity contribution in [1.82, 2.24) is 35.1 Å². The summed E-state index contributed by atoms with van der Waals surface area (Å²) in [7, 11) is 0. The van der Waals surface area contributed by atoms with Crippen LogP contribution in [-0.2, 0) is 11.3 Å². The first-order chi connectivity index (χ1) is 18.6. The summed E-state index contributed by atoms with van der Waals surface area (Å²) in [6.07, 6.45) is 7.17. The number of pyridine rings is 1. The second kappa shape index (κ2) is 11.2. The average Bonchev–Trinajstić information content (AvgIpc) is 3.39. The standard InChI is InChI=1S/C26H36N10O2/c27-19-2-1-7-34(16-19)15-18-3-6-28-21(14-18)25(37)31-20-4-8-36(9-5-20)26-32-22-23(33-26)29-17-30-24(22)35-10-12-38-13-11-35/h3,6,14,17,19-20H,1-2,4-5,7-13,15-16,27H2,(H,31,37)(H,29,30,32,33)/t19-/m1/s1. The number of nitrogens with zero attached hydrogens (tertiary/aromatic N) is 7. The Labute approximate surface area is 222 Å². The van der Waals surface area contributed by atoms with Crippen LogP contribution in [0.2, 0.25) is 0 Å². The van der Waals surface area contributed by atoms with Gasteiger partial charge in [0.25, 0.3) is 5.91 Å². The molecule has 1 atom stereocenters. The maximum atomic E-state index is 13.0. The number of likely N-dealkylation sites (tertiary alicyclic amines) is 1. The van der Waals surface area contributed by atoms with Gasteiger partial charge in [0.2, 0.25) is 5.95 Å². The van der Waals surface area contributed by atoms with Crippen molar-refractivity contribution in [3.8, 4) is 0 Å². The number of fused-ring (bicyclic) bond motifs is 1. The number of amides is 1. The highest BCUT2D eigenvalue weighted by Gasteiger charge is 2.25. The lowest BCUT2D eigenvalue weighted by Crippen LogP contribution is -2.45. The van der Waals surface area contributed by atoms with E-state index in [4.69, 9.17) is 15.5 Å². The minimum atomic E-state index is -0.116. The quantitative estimate of drug-likeness (QED) is 0.429. The Morgan fingerprint density at radius 2 is 1.92 bits per heavy atom. The molecular formula is C26H36N10O2. The van der Waals surface area contributed by atoms with Gasteiger partial charge in [0.1, 0.15) is 12.0 Å². The molecule has 3 fully saturated rings. The van der Waals surface area contributed by atoms with Crippen LogP contribution < -0.4 is 20.9 Å². The third-order valence-electron chi connectivity index (χ3n) is 7.70. The second-order valence-electron chi connectivity index (χ2n) is 10.5. The van der Waals surface area contributed by atoms with Crippen molar-refractivity contribution in [2.24, 2.45) is 5.73 Å². The molecule has 0 aliphatic carbocycles. The molecule has 0 radical (unpaired) electrons. The summed E-state index contributed by atoms with van der Waals surface area (Å²) in [4.78, 5) is 41.2. The Hall–Kier alpha value is -3.35. The fourth-order valence-electron chi connectivity index (χ4n) is 5.64. The summed E-state index contributed by atoms with van der Waals surface area (Å²) in [5, 5.41) is 3.19. The Morgan fingerprint density at radius 1 is 1.08 bits per heavy atom. The molecule has 202 valence electrons. The van der Waals surface area contributed by atoms with E-state index in [0.29, 0.717) is 18.9 Å². The summed E-state index contributed by atoms with van der Waals surface area (Å²) in [5.74, 6) is 1.53. The van der Waals surface area contributed by atoms with Crippen LogP contribution in [-0.4, -0.2) is 100 Å². The average molecular weight is 521 g/mol. The van der Waals surface area contributed by atoms with E-state index < -0.39 is 0 Å². The van der Waals surface area contributed by atoms with E-state index in [1.807, 2.05) is 12.1 Å². The van der Waals surface area contributed by atoms with Gasteiger partial charge in [-0.05, 0) is 49.9 Å². The minimum Gasteiger partial charge on any atom is -0.378 e. The molecule has 6 heterocycles. The smallest absolute Gasteiger partial charge is 0.270 e. The van der Waals surface area contributed by atoms with Crippen molar-refractivity contribution in [1.29, 1.82) is 0 Å². The van der Waals surface area contributed by atoms with Gasteiger partial charge in [-0.1, -0.05) is 0 Å². The van der Waals surface area contributed by atoms with Crippen molar-refractivity contribution in [2.45, 2.75) is 44.3 Å². The Balaban J connectivity index is 1.05. The molecule has 0 aromatic carbocycles. The van der Waals surface area contributed by atoms with Gasteiger partial charge in [-0.25, -0.2) is 15.0 Å². The first-order valence-electron chi connectivity index (χ1n) is 13.6. The van der Waals surface area contributed by atoms with Gasteiger partial charge in [-0.3, -0.25) is 14.7 Å². The summed E-state index contributed by atoms with van der Waals surface area (Å²) < 4.78 is 5.48. The number of hydrogen-bond donors (Lipinski definition) is 3. The molecule has 3 aliphatic rings. The Kier molecular flexibility index (Phi) is 7.34. The molecule has 1 amide bonds. The highest BCUT2D eigenvalue weighted by atomic mass is 16.5. The number of anilines is 2. The molecule has 0 unspecified atom stereocenters. The SMILES string of the molecule is N[C@@H]1CCCN(Cc2ccnc(C(=O)NC3CCN(c4nc5c(N6CCOCC6)ncnc5[nH]4)CC3)c2)C1. The first-order valence-corrected chi connectivity index (χ1v) is 13.6. The highest BCUT2D eigenvalue weighted by Crippen LogP contribution is 2.26. The number of aromatic nitrogens is 5. The molecule has 0 spiro atoms. The number of aromatic amines is 1. The molecule has 12 heteroatoms. The molecule has 3 aromatic rings. The van der Waals surface area contributed by atoms with Gasteiger partial charge >= 0.3 is 0 Å². The fourth-order valence-corrected chi connectivity index (χ4v) is 5.64. The van der Waals surface area contributed by atoms with Crippen molar-refractivity contribution in [3.05, 3.63) is 35.9 Å². The van der Waals surface area contributed by atoms with Gasteiger partial charge in [-0.15, -0.1) is 0 Å². The van der Waals surface area contributed by atoms with E-state index in [1.165, 1.54) is 0 Å². The number of imidazole rings is 1. The van der Waals surface area contributed by atoms with E-state index in [1.54, 1.807) is 12.5 Å². The first kappa shape index (κ1) is 25.0. The van der Waals surface area contributed by atoms with Gasteiger partial charge in [-0.2, -0.15) is 0 Å². The molecule has 0 bridgehead atoms. The van der Waals surface area contributed by atoms with Crippen LogP contribution in [0.25, 0.3) is 11.2 Å². The number of nitrogens with one attached hydrogen (secondary N) is 2. The topological polar surface area (TPSA) is 141 Å². The van der Waals surface area contributed by atoms with Gasteiger partial charge in [0, 0.05) is 57.5 Å². The molecule has 0 saturated carbocycles. The number of ether oxygens (including phenoxy) is 1. The number of morpholine rings is 1. The monoisotopic (exact) mass is 520 g/mol. The number of carbonyl (C=O) groups excluding carboxylic acids is 1. The molecule has 6 rings (SSSR count). The van der Waals surface area contributed by atoms with Crippen molar-refractivity contribution in [2.75, 3.05) is 62.3 Å². The predicted octanol–water partition coefficient (Wildman–Crippen LogP) is 0.906. The zero-order valence-corrected chi connectivity index (χ0v) is 21.7. The fraction of sp³-hybridized carbons (Fsp3) is 0.577. The van der Waals surface area contributed by atoms with Crippen molar-refractivity contribution in [3.63, 3.8) is 0 Å². The van der Waals surface area contributed by atoms with Crippen LogP contribution in [0.5, 0.6) is 0 Å². The third kappa shape index (κ3) is 5.57. The van der Waals surface area contributed by atoms with Crippen LogP contribution in [0.1, 0.15) is 41.7 Å². The molecular weight excluding hydrogens is 484 g/mol. The predicted molar refractivity (Wildman–Crippen MR) is 144 cm³/mol. The molecule has 3 saturated heterocycles. The van der Waals surface area contributed by atoms with E-state index in [9.17, 15) is 4.79 Å². The Morgan fingerprint density at radius 3 is 2.74 bits per heavy atom. The van der Waals surface area contributed by atoms with E-state index >= 15 is 0 Å². The third-order valence-corrected chi connectivity index (χ3v) is 7.70. The van der Waals surface area contributed by atoms with E-state index in [0.717, 1.165) is 100.0 Å². The van der Waals surface area contributed by atoms with Gasteiger partial charge in [0.05, 0.1) is 13.2 Å².